The van der Waals surface area contributed by atoms with Crippen molar-refractivity contribution in [3.63, 3.8) is 0 Å². The summed E-state index contributed by atoms with van der Waals surface area (Å²) < 4.78 is 16.2. The molecule has 26 heavy (non-hydrogen) atoms. The Morgan fingerprint density at radius 1 is 1.23 bits per heavy atom. The minimum atomic E-state index is -1.46. The van der Waals surface area contributed by atoms with Crippen LogP contribution >= 0.6 is 0 Å². The maximum Gasteiger partial charge on any atom is 0.335 e. The predicted molar refractivity (Wildman–Crippen MR) is 85.9 cm³/mol. The highest BCUT2D eigenvalue weighted by Gasteiger charge is 2.46. The molecule has 0 bridgehead atoms. The molecule has 0 aliphatic carbocycles. The van der Waals surface area contributed by atoms with Gasteiger partial charge in [-0.1, -0.05) is 0 Å². The lowest BCUT2D eigenvalue weighted by molar-refractivity contribution is -0.244. The molecule has 1 aliphatic rings. The Hall–Kier alpha value is -2.40. The van der Waals surface area contributed by atoms with Crippen molar-refractivity contribution < 1.29 is 44.2 Å². The number of aromatic carboxylic acids is 1. The highest BCUT2D eigenvalue weighted by molar-refractivity contribution is 5.88. The van der Waals surface area contributed by atoms with Crippen LogP contribution in [0.4, 0.5) is 0 Å². The maximum atomic E-state index is 11.4. The van der Waals surface area contributed by atoms with E-state index in [9.17, 15) is 24.9 Å². The number of carbonyl (C=O) groups excluding carboxylic acids is 1. The molecule has 1 amide bonds. The lowest BCUT2D eigenvalue weighted by Crippen LogP contribution is -2.65. The predicted octanol–water partition coefficient (Wildman–Crippen LogP) is -1.28. The molecule has 0 saturated carbocycles. The average molecular weight is 371 g/mol. The standard InChI is InChI=1S/C16H21NO9/c1-7(19)17-12-14(21)13(20)11(6-18)26-16(12)25-9-4-3-8(15(22)23)5-10(9)24-2/h3-5,11-14,16,18,20-21H,6H2,1-2H3,(H,17,19)(H,22,23)/t11-,12+,13+,14-,16-/m1/s1. The smallest absolute Gasteiger partial charge is 0.335 e. The molecule has 0 unspecified atom stereocenters. The summed E-state index contributed by atoms with van der Waals surface area (Å²) >= 11 is 0. The summed E-state index contributed by atoms with van der Waals surface area (Å²) in [4.78, 5) is 22.4. The van der Waals surface area contributed by atoms with E-state index in [4.69, 9.17) is 19.3 Å². The quantitative estimate of drug-likeness (QED) is 0.411. The van der Waals surface area contributed by atoms with E-state index >= 15 is 0 Å². The van der Waals surface area contributed by atoms with Crippen molar-refractivity contribution in [1.29, 1.82) is 0 Å². The molecule has 10 heteroatoms. The van der Waals surface area contributed by atoms with Crippen molar-refractivity contribution in [1.82, 2.24) is 5.32 Å². The van der Waals surface area contributed by atoms with Gasteiger partial charge in [0.05, 0.1) is 19.3 Å². The topological polar surface area (TPSA) is 155 Å². The van der Waals surface area contributed by atoms with Crippen LogP contribution in [0.25, 0.3) is 0 Å². The molecule has 1 fully saturated rings. The number of methoxy groups -OCH3 is 1. The van der Waals surface area contributed by atoms with Crippen LogP contribution in [0.1, 0.15) is 17.3 Å². The van der Waals surface area contributed by atoms with Gasteiger partial charge in [-0.25, -0.2) is 4.79 Å². The zero-order valence-electron chi connectivity index (χ0n) is 14.2. The first-order chi connectivity index (χ1) is 12.3. The Morgan fingerprint density at radius 2 is 1.92 bits per heavy atom. The number of carbonyl (C=O) groups is 2. The number of aliphatic hydroxyl groups is 3. The number of carboxylic acids is 1. The van der Waals surface area contributed by atoms with Crippen LogP contribution in [0.3, 0.4) is 0 Å². The molecule has 0 spiro atoms. The number of nitrogens with one attached hydrogen (secondary N) is 1. The molecule has 0 aromatic heterocycles. The van der Waals surface area contributed by atoms with Crippen molar-refractivity contribution in [2.45, 2.75) is 37.6 Å². The van der Waals surface area contributed by atoms with Crippen LogP contribution in [0, 0.1) is 0 Å². The maximum absolute atomic E-state index is 11.4. The van der Waals surface area contributed by atoms with Gasteiger partial charge >= 0.3 is 5.97 Å². The normalized spacial score (nSPS) is 28.3. The van der Waals surface area contributed by atoms with Gasteiger partial charge in [0.1, 0.15) is 24.4 Å². The summed E-state index contributed by atoms with van der Waals surface area (Å²) in [5.74, 6) is -1.46. The highest BCUT2D eigenvalue weighted by atomic mass is 16.7. The van der Waals surface area contributed by atoms with Crippen LogP contribution in [0.5, 0.6) is 11.5 Å². The van der Waals surface area contributed by atoms with Gasteiger partial charge < -0.3 is 40.0 Å². The summed E-state index contributed by atoms with van der Waals surface area (Å²) in [6.07, 6.45) is -5.30. The number of benzene rings is 1. The summed E-state index contributed by atoms with van der Waals surface area (Å²) in [5, 5.41) is 41.0. The second-order valence-corrected chi connectivity index (χ2v) is 5.72. The van der Waals surface area contributed by atoms with Crippen molar-refractivity contribution in [3.05, 3.63) is 23.8 Å². The molecule has 1 aliphatic heterocycles. The van der Waals surface area contributed by atoms with Gasteiger partial charge in [0.15, 0.2) is 11.5 Å². The average Bonchev–Trinajstić information content (AvgIpc) is 2.60. The Balaban J connectivity index is 2.31. The second-order valence-electron chi connectivity index (χ2n) is 5.72. The van der Waals surface area contributed by atoms with Crippen LogP contribution in [0.15, 0.2) is 18.2 Å². The Kier molecular flexibility index (Phi) is 6.37. The van der Waals surface area contributed by atoms with E-state index in [2.05, 4.69) is 5.32 Å². The summed E-state index contributed by atoms with van der Waals surface area (Å²) in [6.45, 7) is 0.635. The molecule has 1 aromatic carbocycles. The Morgan fingerprint density at radius 3 is 2.46 bits per heavy atom. The van der Waals surface area contributed by atoms with Crippen LogP contribution in [-0.2, 0) is 9.53 Å². The van der Waals surface area contributed by atoms with Gasteiger partial charge in [-0.15, -0.1) is 0 Å². The van der Waals surface area contributed by atoms with E-state index in [1.54, 1.807) is 0 Å². The molecule has 5 atom stereocenters. The van der Waals surface area contributed by atoms with E-state index in [1.807, 2.05) is 0 Å². The molecule has 1 heterocycles. The third-order valence-electron chi connectivity index (χ3n) is 3.90. The van der Waals surface area contributed by atoms with Crippen LogP contribution in [-0.4, -0.2) is 76.7 Å². The monoisotopic (exact) mass is 371 g/mol. The molecular weight excluding hydrogens is 350 g/mol. The fraction of sp³-hybridized carbons (Fsp3) is 0.500. The van der Waals surface area contributed by atoms with Crippen molar-refractivity contribution >= 4 is 11.9 Å². The first kappa shape index (κ1) is 19.9. The lowest BCUT2D eigenvalue weighted by atomic mass is 9.97. The van der Waals surface area contributed by atoms with Gasteiger partial charge in [0.25, 0.3) is 0 Å². The number of carboxylic acid groups (broad SMARTS) is 1. The number of rotatable bonds is 6. The molecule has 144 valence electrons. The fourth-order valence-corrected chi connectivity index (χ4v) is 2.59. The number of ether oxygens (including phenoxy) is 3. The molecule has 1 aromatic rings. The SMILES string of the molecule is COc1cc(C(=O)O)ccc1O[C@@H]1O[C@H](CO)[C@H](O)[C@H](O)[C@@H]1NC(C)=O. The number of hydrogen-bond acceptors (Lipinski definition) is 8. The van der Waals surface area contributed by atoms with Crippen molar-refractivity contribution in [2.24, 2.45) is 0 Å². The number of aliphatic hydroxyl groups excluding tert-OH is 3. The summed E-state index contributed by atoms with van der Waals surface area (Å²) in [7, 11) is 1.32. The zero-order chi connectivity index (χ0) is 19.4. The van der Waals surface area contributed by atoms with Crippen molar-refractivity contribution in [2.75, 3.05) is 13.7 Å². The van der Waals surface area contributed by atoms with Gasteiger partial charge in [-0.05, 0) is 18.2 Å². The zero-order valence-corrected chi connectivity index (χ0v) is 14.2. The fourth-order valence-electron chi connectivity index (χ4n) is 2.59. The van der Waals surface area contributed by atoms with Gasteiger partial charge in [0.2, 0.25) is 12.2 Å². The first-order valence-corrected chi connectivity index (χ1v) is 7.76. The van der Waals surface area contributed by atoms with E-state index < -0.39 is 49.1 Å². The molecule has 10 nitrogen and oxygen atoms in total. The number of hydrogen-bond donors (Lipinski definition) is 5. The Bertz CT molecular complexity index is 665. The Labute approximate surface area is 148 Å². The largest absolute Gasteiger partial charge is 0.493 e. The number of amides is 1. The minimum Gasteiger partial charge on any atom is -0.493 e. The van der Waals surface area contributed by atoms with Gasteiger partial charge in [0, 0.05) is 6.92 Å². The molecule has 1 saturated heterocycles. The second kappa shape index (κ2) is 8.32. The van der Waals surface area contributed by atoms with E-state index in [0.29, 0.717) is 0 Å². The summed E-state index contributed by atoms with van der Waals surface area (Å²) in [6, 6.07) is 2.73. The lowest BCUT2D eigenvalue weighted by Gasteiger charge is -2.42. The first-order valence-electron chi connectivity index (χ1n) is 7.76. The molecule has 5 N–H and O–H groups in total. The van der Waals surface area contributed by atoms with Crippen molar-refractivity contribution in [3.8, 4) is 11.5 Å². The van der Waals surface area contributed by atoms with Gasteiger partial charge in [-0.3, -0.25) is 4.79 Å². The molecular formula is C16H21NO9. The molecule has 2 rings (SSSR count). The summed E-state index contributed by atoms with van der Waals surface area (Å²) in [5.41, 5.74) is -0.0270. The third-order valence-corrected chi connectivity index (χ3v) is 3.90. The minimum absolute atomic E-state index is 0.0270. The third kappa shape index (κ3) is 4.22. The van der Waals surface area contributed by atoms with E-state index in [1.165, 1.54) is 32.2 Å². The van der Waals surface area contributed by atoms with Crippen LogP contribution < -0.4 is 14.8 Å². The van der Waals surface area contributed by atoms with E-state index in [-0.39, 0.29) is 17.1 Å². The van der Waals surface area contributed by atoms with Gasteiger partial charge in [-0.2, -0.15) is 0 Å². The van der Waals surface area contributed by atoms with E-state index in [0.717, 1.165) is 0 Å². The van der Waals surface area contributed by atoms with Crippen LogP contribution in [0.2, 0.25) is 0 Å². The molecule has 0 radical (unpaired) electrons. The highest BCUT2D eigenvalue weighted by Crippen LogP contribution is 2.32.